The topological polar surface area (TPSA) is 50.7 Å². The Balaban J connectivity index is 2.01. The summed E-state index contributed by atoms with van der Waals surface area (Å²) in [7, 11) is 3.14. The summed E-state index contributed by atoms with van der Waals surface area (Å²) < 4.78 is 23.4. The van der Waals surface area contributed by atoms with Gasteiger partial charge in [-0.2, -0.15) is 0 Å². The Morgan fingerprint density at radius 3 is 2.09 bits per heavy atom. The normalized spacial score (nSPS) is 13.4. The molecule has 0 aliphatic heterocycles. The molecule has 2 aromatic carbocycles. The summed E-state index contributed by atoms with van der Waals surface area (Å²) in [6.45, 7) is 2.32. The van der Waals surface area contributed by atoms with Crippen LogP contribution in [0.2, 0.25) is 0 Å². The smallest absolute Gasteiger partial charge is 0.123 e. The van der Waals surface area contributed by atoms with Gasteiger partial charge in [-0.05, 0) is 42.3 Å². The average Bonchev–Trinajstić information content (AvgIpc) is 2.59. The highest BCUT2D eigenvalue weighted by molar-refractivity contribution is 5.39. The Morgan fingerprint density at radius 2 is 1.57 bits per heavy atom. The van der Waals surface area contributed by atoms with E-state index >= 15 is 0 Å². The van der Waals surface area contributed by atoms with Crippen molar-refractivity contribution in [1.29, 1.82) is 0 Å². The van der Waals surface area contributed by atoms with Crippen LogP contribution in [0.1, 0.15) is 30.2 Å². The summed E-state index contributed by atoms with van der Waals surface area (Å²) in [5, 5.41) is 13.6. The van der Waals surface area contributed by atoms with Crippen molar-refractivity contribution in [3.63, 3.8) is 0 Å². The van der Waals surface area contributed by atoms with Crippen LogP contribution in [0.4, 0.5) is 4.39 Å². The van der Waals surface area contributed by atoms with Gasteiger partial charge < -0.3 is 19.9 Å². The van der Waals surface area contributed by atoms with E-state index in [1.165, 1.54) is 12.1 Å². The number of aliphatic hydroxyl groups excluding tert-OH is 1. The van der Waals surface area contributed by atoms with Crippen molar-refractivity contribution in [2.24, 2.45) is 0 Å². The van der Waals surface area contributed by atoms with Crippen LogP contribution in [-0.4, -0.2) is 25.9 Å². The van der Waals surface area contributed by atoms with E-state index in [-0.39, 0.29) is 11.9 Å². The molecular weight excluding hydrogens is 297 g/mol. The van der Waals surface area contributed by atoms with Crippen LogP contribution in [0.25, 0.3) is 0 Å². The van der Waals surface area contributed by atoms with E-state index in [0.29, 0.717) is 23.6 Å². The van der Waals surface area contributed by atoms with Crippen LogP contribution in [0.3, 0.4) is 0 Å². The standard InChI is InChI=1S/C18H22FNO3/c1-12(13-4-6-15(19)7-5-13)20-11-18(21)14-8-16(22-2)10-17(9-14)23-3/h4-10,12,18,20-21H,11H2,1-3H3/t12-,18+/m1/s1. The van der Waals surface area contributed by atoms with Crippen molar-refractivity contribution in [3.05, 3.63) is 59.4 Å². The minimum absolute atomic E-state index is 0.00208. The first-order valence-electron chi connectivity index (χ1n) is 7.43. The number of ether oxygens (including phenoxy) is 2. The van der Waals surface area contributed by atoms with Crippen molar-refractivity contribution in [2.45, 2.75) is 19.1 Å². The lowest BCUT2D eigenvalue weighted by Crippen LogP contribution is -2.24. The molecule has 0 saturated carbocycles. The molecule has 2 rings (SSSR count). The second-order valence-corrected chi connectivity index (χ2v) is 5.34. The molecule has 0 aromatic heterocycles. The summed E-state index contributed by atoms with van der Waals surface area (Å²) in [5.41, 5.74) is 1.67. The zero-order valence-electron chi connectivity index (χ0n) is 13.5. The van der Waals surface area contributed by atoms with Crippen LogP contribution in [0, 0.1) is 5.82 Å². The maximum atomic E-state index is 12.9. The van der Waals surface area contributed by atoms with E-state index in [1.54, 1.807) is 44.6 Å². The molecule has 0 saturated heterocycles. The number of methoxy groups -OCH3 is 2. The Labute approximate surface area is 135 Å². The van der Waals surface area contributed by atoms with Gasteiger partial charge in [0.1, 0.15) is 17.3 Å². The molecule has 0 spiro atoms. The third kappa shape index (κ3) is 4.68. The minimum atomic E-state index is -0.707. The van der Waals surface area contributed by atoms with Gasteiger partial charge in [-0.1, -0.05) is 12.1 Å². The second kappa shape index (κ2) is 7.94. The lowest BCUT2D eigenvalue weighted by molar-refractivity contribution is 0.170. The lowest BCUT2D eigenvalue weighted by Gasteiger charge is -2.19. The molecule has 4 nitrogen and oxygen atoms in total. The summed E-state index contributed by atoms with van der Waals surface area (Å²) >= 11 is 0. The third-order valence-corrected chi connectivity index (χ3v) is 3.75. The number of benzene rings is 2. The molecule has 0 heterocycles. The molecule has 0 aliphatic rings. The maximum absolute atomic E-state index is 12.9. The Morgan fingerprint density at radius 1 is 1.00 bits per heavy atom. The summed E-state index contributed by atoms with van der Waals surface area (Å²) in [5.74, 6) is 0.999. The van der Waals surface area contributed by atoms with Crippen molar-refractivity contribution in [2.75, 3.05) is 20.8 Å². The van der Waals surface area contributed by atoms with E-state index in [1.807, 2.05) is 6.92 Å². The number of hydrogen-bond acceptors (Lipinski definition) is 4. The van der Waals surface area contributed by atoms with E-state index in [9.17, 15) is 9.50 Å². The van der Waals surface area contributed by atoms with E-state index in [4.69, 9.17) is 9.47 Å². The van der Waals surface area contributed by atoms with Crippen LogP contribution in [0.15, 0.2) is 42.5 Å². The predicted octanol–water partition coefficient (Wildman–Crippen LogP) is 3.23. The predicted molar refractivity (Wildman–Crippen MR) is 87.3 cm³/mol. The van der Waals surface area contributed by atoms with Crippen molar-refractivity contribution in [3.8, 4) is 11.5 Å². The number of halogens is 1. The molecule has 2 N–H and O–H groups in total. The van der Waals surface area contributed by atoms with Crippen LogP contribution < -0.4 is 14.8 Å². The lowest BCUT2D eigenvalue weighted by atomic mass is 10.1. The highest BCUT2D eigenvalue weighted by atomic mass is 19.1. The van der Waals surface area contributed by atoms with Gasteiger partial charge in [0.15, 0.2) is 0 Å². The molecule has 0 fully saturated rings. The molecule has 5 heteroatoms. The molecule has 2 aromatic rings. The summed E-state index contributed by atoms with van der Waals surface area (Å²) in [4.78, 5) is 0. The van der Waals surface area contributed by atoms with Gasteiger partial charge in [0.05, 0.1) is 20.3 Å². The van der Waals surface area contributed by atoms with Gasteiger partial charge in [0, 0.05) is 18.7 Å². The molecular formula is C18H22FNO3. The van der Waals surface area contributed by atoms with Crippen LogP contribution in [0.5, 0.6) is 11.5 Å². The summed E-state index contributed by atoms with van der Waals surface area (Å²) in [6.07, 6.45) is -0.707. The zero-order chi connectivity index (χ0) is 16.8. The first-order chi connectivity index (χ1) is 11.0. The monoisotopic (exact) mass is 319 g/mol. The number of nitrogens with one attached hydrogen (secondary N) is 1. The van der Waals surface area contributed by atoms with Crippen molar-refractivity contribution in [1.82, 2.24) is 5.32 Å². The van der Waals surface area contributed by atoms with Crippen LogP contribution >= 0.6 is 0 Å². The molecule has 124 valence electrons. The average molecular weight is 319 g/mol. The van der Waals surface area contributed by atoms with Gasteiger partial charge in [-0.3, -0.25) is 0 Å². The van der Waals surface area contributed by atoms with Gasteiger partial charge in [0.25, 0.3) is 0 Å². The molecule has 2 atom stereocenters. The van der Waals surface area contributed by atoms with E-state index in [0.717, 1.165) is 5.56 Å². The fourth-order valence-corrected chi connectivity index (χ4v) is 2.30. The molecule has 0 radical (unpaired) electrons. The highest BCUT2D eigenvalue weighted by Crippen LogP contribution is 2.26. The Kier molecular flexibility index (Phi) is 5.96. The molecule has 0 unspecified atom stereocenters. The Hall–Kier alpha value is -2.11. The first-order valence-corrected chi connectivity index (χ1v) is 7.43. The Bertz CT molecular complexity index is 608. The fraction of sp³-hybridized carbons (Fsp3) is 0.333. The SMILES string of the molecule is COc1cc(OC)cc([C@@H](O)CN[C@H](C)c2ccc(F)cc2)c1. The van der Waals surface area contributed by atoms with Crippen molar-refractivity contribution < 1.29 is 19.0 Å². The minimum Gasteiger partial charge on any atom is -0.497 e. The number of hydrogen-bond donors (Lipinski definition) is 2. The summed E-state index contributed by atoms with van der Waals surface area (Å²) in [6, 6.07) is 11.6. The molecule has 0 bridgehead atoms. The number of aliphatic hydroxyl groups is 1. The van der Waals surface area contributed by atoms with Gasteiger partial charge in [-0.25, -0.2) is 4.39 Å². The zero-order valence-corrected chi connectivity index (χ0v) is 13.5. The van der Waals surface area contributed by atoms with Crippen LogP contribution in [-0.2, 0) is 0 Å². The molecule has 23 heavy (non-hydrogen) atoms. The molecule has 0 aliphatic carbocycles. The second-order valence-electron chi connectivity index (χ2n) is 5.34. The molecule has 0 amide bonds. The van der Waals surface area contributed by atoms with Gasteiger partial charge in [-0.15, -0.1) is 0 Å². The maximum Gasteiger partial charge on any atom is 0.123 e. The quantitative estimate of drug-likeness (QED) is 0.823. The largest absolute Gasteiger partial charge is 0.497 e. The van der Waals surface area contributed by atoms with Gasteiger partial charge in [0.2, 0.25) is 0 Å². The fourth-order valence-electron chi connectivity index (χ4n) is 2.30. The number of rotatable bonds is 7. The van der Waals surface area contributed by atoms with E-state index < -0.39 is 6.10 Å². The van der Waals surface area contributed by atoms with E-state index in [2.05, 4.69) is 5.32 Å². The highest BCUT2D eigenvalue weighted by Gasteiger charge is 2.13. The van der Waals surface area contributed by atoms with Crippen molar-refractivity contribution >= 4 is 0 Å². The first kappa shape index (κ1) is 17.2. The van der Waals surface area contributed by atoms with Gasteiger partial charge >= 0.3 is 0 Å². The third-order valence-electron chi connectivity index (χ3n) is 3.75.